The van der Waals surface area contributed by atoms with Gasteiger partial charge >= 0.3 is 5.97 Å². The molecule has 734 valence electrons. The van der Waals surface area contributed by atoms with Crippen LogP contribution in [0.15, 0.2) is 347 Å². The van der Waals surface area contributed by atoms with Crippen LogP contribution in [0.4, 0.5) is 0 Å². The van der Waals surface area contributed by atoms with E-state index in [1.54, 1.807) is 25.3 Å². The summed E-state index contributed by atoms with van der Waals surface area (Å²) in [6.45, 7) is 54.4. The van der Waals surface area contributed by atoms with Gasteiger partial charge in [-0.25, -0.2) is 9.79 Å². The van der Waals surface area contributed by atoms with E-state index < -0.39 is 50.9 Å². The number of benzene rings is 3. The van der Waals surface area contributed by atoms with E-state index in [9.17, 15) is 54.7 Å². The number of aliphatic hydroxyl groups excluding tert-OH is 1. The van der Waals surface area contributed by atoms with Crippen molar-refractivity contribution in [2.75, 3.05) is 25.2 Å². The lowest BCUT2D eigenvalue weighted by molar-refractivity contribution is 0.0496. The van der Waals surface area contributed by atoms with Crippen LogP contribution in [0.1, 0.15) is 272 Å². The highest BCUT2D eigenvalue weighted by atomic mass is 32.2. The third-order valence-corrected chi connectivity index (χ3v) is 22.9. The van der Waals surface area contributed by atoms with Crippen LogP contribution >= 0.6 is 0 Å². The van der Waals surface area contributed by atoms with Gasteiger partial charge in [-0.2, -0.15) is 0 Å². The molecule has 0 bridgehead atoms. The fourth-order valence-corrected chi connectivity index (χ4v) is 15.3. The molecule has 0 aliphatic heterocycles. The highest BCUT2D eigenvalue weighted by molar-refractivity contribution is 7.84. The number of phenols is 6. The van der Waals surface area contributed by atoms with Crippen molar-refractivity contribution in [2.24, 2.45) is 27.7 Å². The van der Waals surface area contributed by atoms with Gasteiger partial charge in [-0.15, -0.1) is 0 Å². The molecule has 0 saturated carbocycles. The van der Waals surface area contributed by atoms with Crippen molar-refractivity contribution in [3.8, 4) is 51.6 Å². The fraction of sp³-hybridized carbons (Fsp3) is 0.400. The van der Waals surface area contributed by atoms with Crippen molar-refractivity contribution in [3.63, 3.8) is 0 Å². The first-order valence-electron chi connectivity index (χ1n) is 47.0. The van der Waals surface area contributed by atoms with Gasteiger partial charge < -0.3 is 50.0 Å². The van der Waals surface area contributed by atoms with Crippen LogP contribution < -0.4 is 5.43 Å². The number of hydrogen-bond acceptors (Lipinski definition) is 14. The minimum Gasteiger partial charge on any atom is -0.508 e. The number of ether oxygens (including phenoxy) is 1. The van der Waals surface area contributed by atoms with Crippen LogP contribution in [0.25, 0.3) is 22.3 Å². The summed E-state index contributed by atoms with van der Waals surface area (Å²) in [5.41, 5.74) is 20.1. The number of aryl methyl sites for hydroxylation is 1. The van der Waals surface area contributed by atoms with Crippen LogP contribution in [0.3, 0.4) is 0 Å². The quantitative estimate of drug-likeness (QED) is 0.00516. The van der Waals surface area contributed by atoms with Crippen molar-refractivity contribution in [1.82, 2.24) is 0 Å². The molecule has 135 heavy (non-hydrogen) atoms. The number of aromatic hydroxyl groups is 7. The number of unbranched alkanes of at least 4 members (excludes halogenated alkanes) is 6. The molecule has 0 spiro atoms. The number of allylic oxidation sites excluding steroid dienone is 47. The Balaban J connectivity index is 0.000000899. The third kappa shape index (κ3) is 52.6. The zero-order chi connectivity index (χ0) is 100. The largest absolute Gasteiger partial charge is 0.508 e. The zero-order valence-corrected chi connectivity index (χ0v) is 86.1. The Morgan fingerprint density at radius 2 is 1.01 bits per heavy atom. The first-order chi connectivity index (χ1) is 63.3. The number of aliphatic imine (C=N–C) groups is 1. The van der Waals surface area contributed by atoms with Gasteiger partial charge in [0.25, 0.3) is 0 Å². The second kappa shape index (κ2) is 66.6. The minimum atomic E-state index is -0.825. The van der Waals surface area contributed by atoms with Gasteiger partial charge in [0.2, 0.25) is 11.2 Å². The van der Waals surface area contributed by atoms with E-state index >= 15 is 0 Å². The Hall–Kier alpha value is -11.7. The lowest BCUT2D eigenvalue weighted by Crippen LogP contribution is -2.32. The van der Waals surface area contributed by atoms with Gasteiger partial charge in [-0.1, -0.05) is 372 Å². The second-order valence-corrected chi connectivity index (χ2v) is 38.6. The second-order valence-electron chi connectivity index (χ2n) is 37.0. The average Bonchev–Trinajstić information content (AvgIpc) is 0.760. The molecule has 2 aliphatic carbocycles. The van der Waals surface area contributed by atoms with E-state index in [0.717, 1.165) is 107 Å². The van der Waals surface area contributed by atoms with Gasteiger partial charge in [0.1, 0.15) is 28.2 Å². The monoisotopic (exact) mass is 1860 g/mol. The van der Waals surface area contributed by atoms with Crippen molar-refractivity contribution >= 4 is 33.6 Å². The van der Waals surface area contributed by atoms with Gasteiger partial charge in [0.15, 0.2) is 23.0 Å². The number of carbonyl (C=O) groups excluding carboxylic acids is 1. The number of rotatable bonds is 40. The number of phenolic OH excluding ortho intramolecular Hbond substituents is 6. The molecule has 0 amide bonds. The van der Waals surface area contributed by atoms with Gasteiger partial charge in [-0.3, -0.25) is 9.00 Å². The van der Waals surface area contributed by atoms with Crippen molar-refractivity contribution in [1.29, 1.82) is 0 Å². The minimum absolute atomic E-state index is 0. The molecule has 0 radical (unpaired) electrons. The maximum absolute atomic E-state index is 12.2. The van der Waals surface area contributed by atoms with Crippen molar-refractivity contribution in [2.45, 2.75) is 269 Å². The number of nitrogens with zero attached hydrogens (tertiary/aromatic N) is 1. The summed E-state index contributed by atoms with van der Waals surface area (Å²) in [5.74, 6) is 0.392. The third-order valence-electron chi connectivity index (χ3n) is 22.0. The molecule has 6 rings (SSSR count). The van der Waals surface area contributed by atoms with Crippen LogP contribution in [-0.4, -0.2) is 88.2 Å². The summed E-state index contributed by atoms with van der Waals surface area (Å²) < 4.78 is 21.0. The molecule has 8 N–H and O–H groups in total. The predicted molar refractivity (Wildman–Crippen MR) is 580 cm³/mol. The normalized spacial score (nSPS) is 17.0. The molecular formula is C120H165NO13S. The van der Waals surface area contributed by atoms with Crippen LogP contribution in [-0.2, 0) is 15.5 Å². The summed E-state index contributed by atoms with van der Waals surface area (Å²) in [6.07, 6.45) is 89.0. The zero-order valence-electron chi connectivity index (χ0n) is 85.2. The Morgan fingerprint density at radius 3 is 1.45 bits per heavy atom. The highest BCUT2D eigenvalue weighted by Crippen LogP contribution is 2.45. The molecule has 1 unspecified atom stereocenters. The lowest BCUT2D eigenvalue weighted by atomic mass is 9.67. The number of aliphatic hydroxyl groups is 1. The summed E-state index contributed by atoms with van der Waals surface area (Å²) in [7, 11) is -0.649. The highest BCUT2D eigenvalue weighted by Gasteiger charge is 2.35. The maximum Gasteiger partial charge on any atom is 0.338 e. The lowest BCUT2D eigenvalue weighted by Gasteiger charge is -2.38. The van der Waals surface area contributed by atoms with E-state index in [1.807, 2.05) is 6.08 Å². The van der Waals surface area contributed by atoms with E-state index in [-0.39, 0.29) is 58.2 Å². The maximum atomic E-state index is 12.2. The molecule has 1 heterocycles. The van der Waals surface area contributed by atoms with E-state index in [2.05, 4.69) is 364 Å². The first-order valence-corrected chi connectivity index (χ1v) is 48.8. The SMILES string of the molecule is C.C=C=NCCCCS(C)=O.CC(C)=CCC/C(C)=C/C=C/C(C)=C/C=C/C(C)=C/C=C/C=C(C)/C=C/C=C(C)/C=C/C=C(\C)CCC=C(C)C.CC1=C[C@H](O)CC(C)(C)[C@H]1/C=C/C(C)=C/C=C/C(C)=C/C=C/C=C(C)/C=C/C=C(C)/C=C/C1=C(C)C[C@@H](C)CC1(C)C.CCCCCCCCOC(=O)c1cc(O)c(O)c(O)c1.Cc1ccc(-c2oc3cc(O)cc(O)c3c(=O)c2O)cc1O. The Morgan fingerprint density at radius 1 is 0.556 bits per heavy atom. The first kappa shape index (κ1) is 121. The fourth-order valence-electron chi connectivity index (χ4n) is 14.7. The molecule has 4 atom stereocenters. The Bertz CT molecular complexity index is 5280. The molecule has 4 aromatic rings. The van der Waals surface area contributed by atoms with Crippen LogP contribution in [0.5, 0.6) is 40.2 Å². The summed E-state index contributed by atoms with van der Waals surface area (Å²) >= 11 is 0. The molecule has 3 aromatic carbocycles. The predicted octanol–water partition coefficient (Wildman–Crippen LogP) is 32.2. The molecule has 1 aromatic heterocycles. The summed E-state index contributed by atoms with van der Waals surface area (Å²) in [5, 5.41) is 76.6. The van der Waals surface area contributed by atoms with Gasteiger partial charge in [0.05, 0.1) is 18.3 Å². The smallest absolute Gasteiger partial charge is 0.338 e. The van der Waals surface area contributed by atoms with E-state index in [4.69, 9.17) is 9.15 Å². The summed E-state index contributed by atoms with van der Waals surface area (Å²) in [6, 6.07) is 8.80. The number of hydrogen-bond donors (Lipinski definition) is 8. The Labute approximate surface area is 815 Å². The number of fused-ring (bicyclic) bond motifs is 1. The van der Waals surface area contributed by atoms with Gasteiger partial charge in [0, 0.05) is 53.0 Å². The molecule has 2 aliphatic rings. The standard InChI is InChI=1S/C41H58O.C40H56.C16H12O6.C15H22O5.C7H13NOS.CH4/c1-30(18-14-20-32(3)22-24-38-35(6)26-34(5)28-40(38,8)9)16-12-13-17-31(2)19-15-21-33(4)23-25-39-36(7)27-37(42)29-41(39,10)11;1-33(2)19-13-23-37(7)27-17-31-39(9)29-15-25-35(5)21-11-12-22-36(6)26-16-30-40(10)32-18-28-38(8)24-14-20-34(3)4;1-7-2-3-8(4-10(7)18)16-15(21)14(20)13-11(19)5-9(17)6-12(13)22-16;1-2-3-4-5-6-7-8-20-15(19)11-9-12(16)14(18)13(17)10-11;1-3-8-6-4-5-7-10(2)9;/h12-25,27,34,37,39,42H,26,28-29H2,1-11H3;11-12,15-22,25-32H,13-14,23-24H2,1-10H3;2-6,17-19,21H,1H3;9-10,16-18H,2-8H2,1H3;1,4-7H2,2H3;1H4/b13-12+,18-14+,19-15+,24-22+,25-23+,30-16+,31-17+,32-20+,33-21+;12-11+,25-15+,26-16+,31-17+,32-18+,35-21+,36-22+,37-27+,38-28+,39-29+,40-30+;;;;/t34-,37+,39+;;;;;/m1...../s1. The van der Waals surface area contributed by atoms with Gasteiger partial charge in [-0.05, 0) is 240 Å². The topological polar surface area (TPSA) is 248 Å². The van der Waals surface area contributed by atoms with Crippen molar-refractivity contribution < 1.29 is 59.0 Å². The number of esters is 1. The van der Waals surface area contributed by atoms with Crippen LogP contribution in [0.2, 0.25) is 0 Å². The van der Waals surface area contributed by atoms with Crippen LogP contribution in [0, 0.1) is 29.6 Å². The average molecular weight is 1860 g/mol. The molecule has 0 saturated heterocycles. The van der Waals surface area contributed by atoms with E-state index in [1.165, 1.54) is 122 Å². The molecule has 15 heteroatoms. The molecular weight excluding hydrogens is 1700 g/mol. The molecule has 0 fully saturated rings. The Kier molecular flexibility index (Phi) is 59.9. The number of carbonyl (C=O) groups is 1. The van der Waals surface area contributed by atoms with Crippen molar-refractivity contribution in [3.05, 3.63) is 354 Å². The molecule has 14 nitrogen and oxygen atoms in total. The summed E-state index contributed by atoms with van der Waals surface area (Å²) in [4.78, 5) is 27.7. The van der Waals surface area contributed by atoms with E-state index in [0.29, 0.717) is 23.7 Å².